The molecule has 0 spiro atoms. The maximum Gasteiger partial charge on any atom is 0.271 e. The highest BCUT2D eigenvalue weighted by Crippen LogP contribution is 2.27. The van der Waals surface area contributed by atoms with Crippen LogP contribution in [-0.2, 0) is 0 Å². The molecule has 0 saturated carbocycles. The Bertz CT molecular complexity index is 661. The molecule has 0 aliphatic rings. The zero-order valence-electron chi connectivity index (χ0n) is 12.2. The lowest BCUT2D eigenvalue weighted by atomic mass is 10.2. The van der Waals surface area contributed by atoms with Gasteiger partial charge in [-0.25, -0.2) is 9.97 Å². The van der Waals surface area contributed by atoms with Gasteiger partial charge in [-0.2, -0.15) is 0 Å². The van der Waals surface area contributed by atoms with Crippen LogP contribution in [0.3, 0.4) is 0 Å². The van der Waals surface area contributed by atoms with Gasteiger partial charge < -0.3 is 10.6 Å². The highest BCUT2D eigenvalue weighted by molar-refractivity contribution is 6.35. The van der Waals surface area contributed by atoms with Crippen molar-refractivity contribution in [3.8, 4) is 0 Å². The second kappa shape index (κ2) is 7.42. The van der Waals surface area contributed by atoms with Crippen LogP contribution in [0.25, 0.3) is 0 Å². The minimum atomic E-state index is -0.241. The predicted molar refractivity (Wildman–Crippen MR) is 89.0 cm³/mol. The molecule has 1 amide bonds. The number of amides is 1. The number of benzene rings is 1. The van der Waals surface area contributed by atoms with E-state index in [-0.39, 0.29) is 17.6 Å². The van der Waals surface area contributed by atoms with E-state index < -0.39 is 0 Å². The van der Waals surface area contributed by atoms with Crippen molar-refractivity contribution in [1.29, 1.82) is 0 Å². The molecular weight excluding hydrogens is 323 g/mol. The number of carbonyl (C=O) groups is 1. The molecule has 22 heavy (non-hydrogen) atoms. The van der Waals surface area contributed by atoms with Crippen molar-refractivity contribution in [3.63, 3.8) is 0 Å². The molecule has 1 heterocycles. The summed E-state index contributed by atoms with van der Waals surface area (Å²) >= 11 is 12.0. The van der Waals surface area contributed by atoms with Gasteiger partial charge >= 0.3 is 0 Å². The molecule has 1 aromatic carbocycles. The maximum atomic E-state index is 11.9. The first kappa shape index (κ1) is 16.5. The first-order chi connectivity index (χ1) is 10.5. The lowest BCUT2D eigenvalue weighted by Crippen LogP contribution is -2.32. The predicted octanol–water partition coefficient (Wildman–Crippen LogP) is 4.06. The van der Waals surface area contributed by atoms with Crippen LogP contribution in [0.5, 0.6) is 0 Å². The SMILES string of the molecule is CCC(C)NC(=O)c1cnc(Nc2cc(Cl)ccc2Cl)cn1. The minimum absolute atomic E-state index is 0.0948. The Morgan fingerprint density at radius 2 is 2.05 bits per heavy atom. The van der Waals surface area contributed by atoms with Crippen LogP contribution in [0.2, 0.25) is 10.0 Å². The Morgan fingerprint density at radius 1 is 1.27 bits per heavy atom. The molecule has 1 unspecified atom stereocenters. The molecule has 2 rings (SSSR count). The van der Waals surface area contributed by atoms with Crippen LogP contribution in [0.15, 0.2) is 30.6 Å². The molecular formula is C15H16Cl2N4O. The summed E-state index contributed by atoms with van der Waals surface area (Å²) in [4.78, 5) is 20.2. The van der Waals surface area contributed by atoms with Crippen molar-refractivity contribution < 1.29 is 4.79 Å². The number of rotatable bonds is 5. The average Bonchev–Trinajstić information content (AvgIpc) is 2.51. The van der Waals surface area contributed by atoms with E-state index in [1.54, 1.807) is 18.2 Å². The number of nitrogens with one attached hydrogen (secondary N) is 2. The van der Waals surface area contributed by atoms with Crippen LogP contribution in [0.1, 0.15) is 30.8 Å². The summed E-state index contributed by atoms with van der Waals surface area (Å²) in [6, 6.07) is 5.17. The number of hydrogen-bond donors (Lipinski definition) is 2. The second-order valence-corrected chi connectivity index (χ2v) is 5.66. The van der Waals surface area contributed by atoms with Gasteiger partial charge in [0.15, 0.2) is 0 Å². The summed E-state index contributed by atoms with van der Waals surface area (Å²) in [5, 5.41) is 6.92. The van der Waals surface area contributed by atoms with E-state index in [4.69, 9.17) is 23.2 Å². The highest BCUT2D eigenvalue weighted by atomic mass is 35.5. The lowest BCUT2D eigenvalue weighted by Gasteiger charge is -2.11. The smallest absolute Gasteiger partial charge is 0.271 e. The summed E-state index contributed by atoms with van der Waals surface area (Å²) in [5.41, 5.74) is 0.892. The first-order valence-electron chi connectivity index (χ1n) is 6.84. The van der Waals surface area contributed by atoms with Gasteiger partial charge in [0.2, 0.25) is 0 Å². The highest BCUT2D eigenvalue weighted by Gasteiger charge is 2.11. The number of carbonyl (C=O) groups excluding carboxylic acids is 1. The third kappa shape index (κ3) is 4.32. The summed E-state index contributed by atoms with van der Waals surface area (Å²) < 4.78 is 0. The topological polar surface area (TPSA) is 66.9 Å². The van der Waals surface area contributed by atoms with Crippen molar-refractivity contribution in [2.45, 2.75) is 26.3 Å². The first-order valence-corrected chi connectivity index (χ1v) is 7.60. The summed E-state index contributed by atoms with van der Waals surface area (Å²) in [7, 11) is 0. The van der Waals surface area contributed by atoms with Crippen LogP contribution in [0.4, 0.5) is 11.5 Å². The van der Waals surface area contributed by atoms with Crippen molar-refractivity contribution >= 4 is 40.6 Å². The number of nitrogens with zero attached hydrogens (tertiary/aromatic N) is 2. The summed E-state index contributed by atoms with van der Waals surface area (Å²) in [5.74, 6) is 0.235. The van der Waals surface area contributed by atoms with Gasteiger partial charge in [-0.1, -0.05) is 30.1 Å². The fourth-order valence-electron chi connectivity index (χ4n) is 1.64. The van der Waals surface area contributed by atoms with Gasteiger partial charge in [0.25, 0.3) is 5.91 Å². The number of anilines is 2. The van der Waals surface area contributed by atoms with Gasteiger partial charge in [-0.3, -0.25) is 4.79 Å². The van der Waals surface area contributed by atoms with Crippen LogP contribution < -0.4 is 10.6 Å². The minimum Gasteiger partial charge on any atom is -0.348 e. The Balaban J connectivity index is 2.09. The van der Waals surface area contributed by atoms with Gasteiger partial charge in [0.1, 0.15) is 11.5 Å². The number of aromatic nitrogens is 2. The molecule has 116 valence electrons. The molecule has 2 aromatic rings. The number of hydrogen-bond acceptors (Lipinski definition) is 4. The fourth-order valence-corrected chi connectivity index (χ4v) is 1.98. The standard InChI is InChI=1S/C15H16Cl2N4O/c1-3-9(2)20-15(22)13-7-19-14(8-18-13)21-12-6-10(16)4-5-11(12)17/h4-9H,3H2,1-2H3,(H,19,21)(H,20,22). The Labute approximate surface area is 139 Å². The fraction of sp³-hybridized carbons (Fsp3) is 0.267. The van der Waals surface area contributed by atoms with E-state index in [1.165, 1.54) is 12.4 Å². The van der Waals surface area contributed by atoms with E-state index in [0.717, 1.165) is 6.42 Å². The molecule has 7 heteroatoms. The van der Waals surface area contributed by atoms with Gasteiger partial charge in [-0.05, 0) is 31.5 Å². The van der Waals surface area contributed by atoms with Crippen LogP contribution in [-0.4, -0.2) is 21.9 Å². The van der Waals surface area contributed by atoms with Crippen molar-refractivity contribution in [2.24, 2.45) is 0 Å². The number of halogens is 2. The van der Waals surface area contributed by atoms with E-state index in [2.05, 4.69) is 20.6 Å². The summed E-state index contributed by atoms with van der Waals surface area (Å²) in [6.45, 7) is 3.93. The van der Waals surface area contributed by atoms with Gasteiger partial charge in [0.05, 0.1) is 23.1 Å². The summed E-state index contributed by atoms with van der Waals surface area (Å²) in [6.07, 6.45) is 3.74. The van der Waals surface area contributed by atoms with Gasteiger partial charge in [-0.15, -0.1) is 0 Å². The Morgan fingerprint density at radius 3 is 2.68 bits per heavy atom. The molecule has 0 bridgehead atoms. The molecule has 1 aromatic heterocycles. The third-order valence-electron chi connectivity index (χ3n) is 3.07. The quantitative estimate of drug-likeness (QED) is 0.862. The zero-order chi connectivity index (χ0) is 16.1. The molecule has 0 aliphatic carbocycles. The molecule has 1 atom stereocenters. The largest absolute Gasteiger partial charge is 0.348 e. The Hall–Kier alpha value is -1.85. The van der Waals surface area contributed by atoms with Crippen molar-refractivity contribution in [3.05, 3.63) is 46.3 Å². The van der Waals surface area contributed by atoms with Crippen molar-refractivity contribution in [1.82, 2.24) is 15.3 Å². The van der Waals surface area contributed by atoms with Crippen molar-refractivity contribution in [2.75, 3.05) is 5.32 Å². The third-order valence-corrected chi connectivity index (χ3v) is 3.63. The second-order valence-electron chi connectivity index (χ2n) is 4.82. The average molecular weight is 339 g/mol. The van der Waals surface area contributed by atoms with E-state index >= 15 is 0 Å². The Kier molecular flexibility index (Phi) is 5.57. The molecule has 0 saturated heterocycles. The molecule has 0 aliphatic heterocycles. The normalized spacial score (nSPS) is 11.8. The van der Waals surface area contributed by atoms with E-state index in [1.807, 2.05) is 13.8 Å². The monoisotopic (exact) mass is 338 g/mol. The molecule has 0 fully saturated rings. The van der Waals surface area contributed by atoms with Crippen LogP contribution >= 0.6 is 23.2 Å². The molecule has 2 N–H and O–H groups in total. The van der Waals surface area contributed by atoms with E-state index in [0.29, 0.717) is 21.6 Å². The zero-order valence-corrected chi connectivity index (χ0v) is 13.7. The maximum absolute atomic E-state index is 11.9. The molecule has 5 nitrogen and oxygen atoms in total. The van der Waals surface area contributed by atoms with E-state index in [9.17, 15) is 4.79 Å². The van der Waals surface area contributed by atoms with Gasteiger partial charge in [0, 0.05) is 11.1 Å². The van der Waals surface area contributed by atoms with Crippen LogP contribution in [0, 0.1) is 0 Å². The molecule has 0 radical (unpaired) electrons. The lowest BCUT2D eigenvalue weighted by molar-refractivity contribution is 0.0934.